The van der Waals surface area contributed by atoms with Crippen molar-refractivity contribution in [2.75, 3.05) is 23.3 Å². The molecule has 3 nitrogen and oxygen atoms in total. The van der Waals surface area contributed by atoms with Crippen LogP contribution in [0, 0.1) is 5.82 Å². The average Bonchev–Trinajstić information content (AvgIpc) is 2.64. The monoisotopic (exact) mass is 321 g/mol. The predicted molar refractivity (Wildman–Crippen MR) is 97.0 cm³/mol. The third-order valence-corrected chi connectivity index (χ3v) is 4.64. The third-order valence-electron chi connectivity index (χ3n) is 4.64. The Hall–Kier alpha value is -2.62. The molecule has 3 aromatic rings. The second-order valence-electron chi connectivity index (χ2n) is 6.25. The van der Waals surface area contributed by atoms with E-state index in [0.29, 0.717) is 11.7 Å². The lowest BCUT2D eigenvalue weighted by Gasteiger charge is -2.33. The summed E-state index contributed by atoms with van der Waals surface area (Å²) < 4.78 is 13.8. The topological polar surface area (TPSA) is 28.2 Å². The van der Waals surface area contributed by atoms with E-state index in [2.05, 4.69) is 28.4 Å². The maximum Gasteiger partial charge on any atom is 0.146 e. The van der Waals surface area contributed by atoms with Crippen LogP contribution < -0.4 is 10.2 Å². The Balaban J connectivity index is 1.42. The molecule has 0 aliphatic carbocycles. The average molecular weight is 321 g/mol. The Morgan fingerprint density at radius 2 is 1.67 bits per heavy atom. The number of para-hydroxylation sites is 2. The van der Waals surface area contributed by atoms with Gasteiger partial charge in [-0.2, -0.15) is 0 Å². The van der Waals surface area contributed by atoms with Crippen LogP contribution in [0.2, 0.25) is 0 Å². The Labute approximate surface area is 141 Å². The number of nitrogens with zero attached hydrogens (tertiary/aromatic N) is 2. The first-order chi connectivity index (χ1) is 11.8. The Morgan fingerprint density at radius 3 is 2.50 bits per heavy atom. The first kappa shape index (κ1) is 14.9. The number of aromatic nitrogens is 1. The zero-order valence-corrected chi connectivity index (χ0v) is 13.5. The van der Waals surface area contributed by atoms with Crippen LogP contribution in [0.1, 0.15) is 12.8 Å². The fraction of sp³-hybridized carbons (Fsp3) is 0.250. The van der Waals surface area contributed by atoms with Gasteiger partial charge in [0.05, 0.1) is 11.2 Å². The van der Waals surface area contributed by atoms with Crippen molar-refractivity contribution in [1.29, 1.82) is 0 Å². The van der Waals surface area contributed by atoms with Crippen molar-refractivity contribution < 1.29 is 4.39 Å². The molecule has 24 heavy (non-hydrogen) atoms. The van der Waals surface area contributed by atoms with Crippen LogP contribution in [0.5, 0.6) is 0 Å². The van der Waals surface area contributed by atoms with Crippen LogP contribution >= 0.6 is 0 Å². The van der Waals surface area contributed by atoms with Crippen LogP contribution in [0.3, 0.4) is 0 Å². The standard InChI is InChI=1S/C20H20FN3/c21-17-6-2-4-8-19(17)22-16-11-13-24(14-12-16)20-10-9-15-5-1-3-7-18(15)23-20/h1-10,16,22H,11-14H2. The van der Waals surface area contributed by atoms with E-state index in [9.17, 15) is 4.39 Å². The molecule has 1 aromatic heterocycles. The highest BCUT2D eigenvalue weighted by molar-refractivity contribution is 5.80. The smallest absolute Gasteiger partial charge is 0.146 e. The van der Waals surface area contributed by atoms with Crippen molar-refractivity contribution in [2.24, 2.45) is 0 Å². The quantitative estimate of drug-likeness (QED) is 0.772. The number of anilines is 2. The molecule has 0 spiro atoms. The van der Waals surface area contributed by atoms with Gasteiger partial charge in [-0.25, -0.2) is 9.37 Å². The molecule has 1 N–H and O–H groups in total. The van der Waals surface area contributed by atoms with Gasteiger partial charge < -0.3 is 10.2 Å². The van der Waals surface area contributed by atoms with E-state index in [1.54, 1.807) is 12.1 Å². The number of benzene rings is 2. The molecule has 0 saturated carbocycles. The number of hydrogen-bond acceptors (Lipinski definition) is 3. The molecule has 0 amide bonds. The van der Waals surface area contributed by atoms with Crippen molar-refractivity contribution in [2.45, 2.75) is 18.9 Å². The molecule has 1 aliphatic heterocycles. The van der Waals surface area contributed by atoms with E-state index >= 15 is 0 Å². The van der Waals surface area contributed by atoms with E-state index in [1.807, 2.05) is 24.3 Å². The van der Waals surface area contributed by atoms with Crippen molar-refractivity contribution in [3.63, 3.8) is 0 Å². The molecule has 0 radical (unpaired) electrons. The van der Waals surface area contributed by atoms with E-state index in [1.165, 1.54) is 6.07 Å². The van der Waals surface area contributed by atoms with Gasteiger partial charge in [0.15, 0.2) is 0 Å². The van der Waals surface area contributed by atoms with Crippen molar-refractivity contribution >= 4 is 22.4 Å². The van der Waals surface area contributed by atoms with Gasteiger partial charge >= 0.3 is 0 Å². The number of nitrogens with one attached hydrogen (secondary N) is 1. The number of fused-ring (bicyclic) bond motifs is 1. The molecule has 1 aliphatic rings. The van der Waals surface area contributed by atoms with Crippen molar-refractivity contribution in [3.8, 4) is 0 Å². The first-order valence-corrected chi connectivity index (χ1v) is 8.41. The molecular formula is C20H20FN3. The highest BCUT2D eigenvalue weighted by atomic mass is 19.1. The number of rotatable bonds is 3. The van der Waals surface area contributed by atoms with Crippen molar-refractivity contribution in [1.82, 2.24) is 4.98 Å². The number of piperidine rings is 1. The molecule has 4 rings (SSSR count). The number of pyridine rings is 1. The molecule has 2 heterocycles. The molecule has 2 aromatic carbocycles. The second kappa shape index (κ2) is 6.48. The number of halogens is 1. The summed E-state index contributed by atoms with van der Waals surface area (Å²) in [5, 5.41) is 4.49. The largest absolute Gasteiger partial charge is 0.380 e. The SMILES string of the molecule is Fc1ccccc1NC1CCN(c2ccc3ccccc3n2)CC1. The maximum atomic E-state index is 13.8. The van der Waals surface area contributed by atoms with Crippen LogP contribution in [0.4, 0.5) is 15.9 Å². The Morgan fingerprint density at radius 1 is 0.917 bits per heavy atom. The minimum Gasteiger partial charge on any atom is -0.380 e. The Kier molecular flexibility index (Phi) is 4.03. The molecule has 4 heteroatoms. The zero-order chi connectivity index (χ0) is 16.4. The van der Waals surface area contributed by atoms with Crippen LogP contribution in [-0.4, -0.2) is 24.1 Å². The Bertz CT molecular complexity index is 841. The summed E-state index contributed by atoms with van der Waals surface area (Å²) in [7, 11) is 0. The van der Waals surface area contributed by atoms with Gasteiger partial charge in [0.1, 0.15) is 11.6 Å². The van der Waals surface area contributed by atoms with Crippen LogP contribution in [0.25, 0.3) is 10.9 Å². The lowest BCUT2D eigenvalue weighted by atomic mass is 10.0. The van der Waals surface area contributed by atoms with Crippen LogP contribution in [0.15, 0.2) is 60.7 Å². The number of hydrogen-bond donors (Lipinski definition) is 1. The van der Waals surface area contributed by atoms with Gasteiger partial charge in [0.25, 0.3) is 0 Å². The molecule has 0 atom stereocenters. The third kappa shape index (κ3) is 3.04. The van der Waals surface area contributed by atoms with E-state index in [-0.39, 0.29) is 5.82 Å². The predicted octanol–water partition coefficient (Wildman–Crippen LogP) is 4.45. The fourth-order valence-electron chi connectivity index (χ4n) is 3.28. The van der Waals surface area contributed by atoms with E-state index in [0.717, 1.165) is 42.7 Å². The van der Waals surface area contributed by atoms with Gasteiger partial charge in [-0.1, -0.05) is 30.3 Å². The molecule has 1 fully saturated rings. The fourth-order valence-corrected chi connectivity index (χ4v) is 3.28. The molecule has 1 saturated heterocycles. The zero-order valence-electron chi connectivity index (χ0n) is 13.5. The lowest BCUT2D eigenvalue weighted by molar-refractivity contribution is 0.520. The van der Waals surface area contributed by atoms with Crippen LogP contribution in [-0.2, 0) is 0 Å². The lowest BCUT2D eigenvalue weighted by Crippen LogP contribution is -2.39. The van der Waals surface area contributed by atoms with Gasteiger partial charge in [-0.05, 0) is 43.2 Å². The van der Waals surface area contributed by atoms with Gasteiger partial charge in [0.2, 0.25) is 0 Å². The van der Waals surface area contributed by atoms with Crippen molar-refractivity contribution in [3.05, 3.63) is 66.5 Å². The van der Waals surface area contributed by atoms with Gasteiger partial charge in [-0.15, -0.1) is 0 Å². The highest BCUT2D eigenvalue weighted by Crippen LogP contribution is 2.23. The second-order valence-corrected chi connectivity index (χ2v) is 6.25. The molecule has 0 bridgehead atoms. The summed E-state index contributed by atoms with van der Waals surface area (Å²) in [5.41, 5.74) is 1.63. The van der Waals surface area contributed by atoms with Gasteiger partial charge in [-0.3, -0.25) is 0 Å². The summed E-state index contributed by atoms with van der Waals surface area (Å²) in [4.78, 5) is 7.08. The normalized spacial score (nSPS) is 15.6. The summed E-state index contributed by atoms with van der Waals surface area (Å²) in [5.74, 6) is 0.842. The maximum absolute atomic E-state index is 13.8. The summed E-state index contributed by atoms with van der Waals surface area (Å²) in [6.45, 7) is 1.86. The highest BCUT2D eigenvalue weighted by Gasteiger charge is 2.20. The molecule has 0 unspecified atom stereocenters. The molecular weight excluding hydrogens is 301 g/mol. The summed E-state index contributed by atoms with van der Waals surface area (Å²) >= 11 is 0. The first-order valence-electron chi connectivity index (χ1n) is 8.41. The molecule has 122 valence electrons. The minimum absolute atomic E-state index is 0.184. The summed E-state index contributed by atoms with van der Waals surface area (Å²) in [6, 6.07) is 19.6. The summed E-state index contributed by atoms with van der Waals surface area (Å²) in [6.07, 6.45) is 1.95. The van der Waals surface area contributed by atoms with E-state index in [4.69, 9.17) is 4.98 Å². The van der Waals surface area contributed by atoms with Gasteiger partial charge in [0, 0.05) is 24.5 Å². The van der Waals surface area contributed by atoms with E-state index < -0.39 is 0 Å². The minimum atomic E-state index is -0.184.